The average molecular weight is 334 g/mol. The molecule has 24 heavy (non-hydrogen) atoms. The molecule has 7 nitrogen and oxygen atoms in total. The molecule has 1 aromatic carbocycles. The Morgan fingerprint density at radius 1 is 1.33 bits per heavy atom. The molecule has 1 aromatic rings. The largest absolute Gasteiger partial charge is 0.444 e. The predicted octanol–water partition coefficient (Wildman–Crippen LogP) is 3.73. The maximum Gasteiger partial charge on any atom is 0.407 e. The zero-order chi connectivity index (χ0) is 18.4. The lowest BCUT2D eigenvalue weighted by molar-refractivity contribution is -0.0185. The maximum absolute atomic E-state index is 12.2. The Morgan fingerprint density at radius 3 is 2.38 bits per heavy atom. The zero-order valence-corrected chi connectivity index (χ0v) is 14.9. The summed E-state index contributed by atoms with van der Waals surface area (Å²) in [4.78, 5) is 14.9. The third-order valence-corrected chi connectivity index (χ3v) is 3.50. The molecule has 0 radical (unpaired) electrons. The topological polar surface area (TPSA) is 107 Å². The highest BCUT2D eigenvalue weighted by Gasteiger charge is 2.41. The van der Waals surface area contributed by atoms with Gasteiger partial charge in [0.2, 0.25) is 0 Å². The third-order valence-electron chi connectivity index (χ3n) is 3.50. The fourth-order valence-electron chi connectivity index (χ4n) is 2.51. The van der Waals surface area contributed by atoms with Gasteiger partial charge in [-0.3, -0.25) is 0 Å². The smallest absolute Gasteiger partial charge is 0.407 e. The highest BCUT2D eigenvalue weighted by Crippen LogP contribution is 2.30. The van der Waals surface area contributed by atoms with Gasteiger partial charge in [0.25, 0.3) is 0 Å². The van der Waals surface area contributed by atoms with Gasteiger partial charge in [-0.1, -0.05) is 49.3 Å². The summed E-state index contributed by atoms with van der Waals surface area (Å²) >= 11 is 0. The minimum atomic E-state index is -1.54. The average Bonchev–Trinajstić information content (AvgIpc) is 2.49. The number of rotatable bonds is 6. The van der Waals surface area contributed by atoms with Gasteiger partial charge in [0.1, 0.15) is 11.2 Å². The highest BCUT2D eigenvalue weighted by molar-refractivity contribution is 5.68. The van der Waals surface area contributed by atoms with Crippen molar-refractivity contribution in [3.05, 3.63) is 46.3 Å². The number of nitrogens with zero attached hydrogens (tertiary/aromatic N) is 3. The zero-order valence-electron chi connectivity index (χ0n) is 14.9. The Kier molecular flexibility index (Phi) is 6.63. The Balaban J connectivity index is 3.19. The van der Waals surface area contributed by atoms with E-state index in [0.717, 1.165) is 0 Å². The first kappa shape index (κ1) is 19.8. The molecule has 0 unspecified atom stereocenters. The van der Waals surface area contributed by atoms with E-state index in [1.54, 1.807) is 45.0 Å². The number of hydrogen-bond acceptors (Lipinski definition) is 4. The molecular formula is C17H26N4O3. The van der Waals surface area contributed by atoms with Crippen molar-refractivity contribution in [2.24, 2.45) is 11.0 Å². The number of benzene rings is 1. The van der Waals surface area contributed by atoms with Crippen molar-refractivity contribution in [1.29, 1.82) is 0 Å². The molecule has 0 aromatic heterocycles. The summed E-state index contributed by atoms with van der Waals surface area (Å²) in [6.45, 7) is 8.82. The van der Waals surface area contributed by atoms with Crippen LogP contribution in [-0.4, -0.2) is 29.4 Å². The number of alkyl carbamates (subject to hydrolysis) is 1. The molecule has 0 heterocycles. The first-order chi connectivity index (χ1) is 11.1. The van der Waals surface area contributed by atoms with Gasteiger partial charge < -0.3 is 15.2 Å². The van der Waals surface area contributed by atoms with Crippen LogP contribution in [0.3, 0.4) is 0 Å². The normalized spacial score (nSPS) is 15.1. The Morgan fingerprint density at radius 2 is 1.92 bits per heavy atom. The van der Waals surface area contributed by atoms with Gasteiger partial charge in [0.05, 0.1) is 12.6 Å². The van der Waals surface area contributed by atoms with Crippen molar-refractivity contribution >= 4 is 6.09 Å². The van der Waals surface area contributed by atoms with Crippen molar-refractivity contribution in [3.8, 4) is 0 Å². The number of carbonyl (C=O) groups excluding carboxylic acids is 1. The molecule has 7 heteroatoms. The number of amides is 1. The second-order valence-corrected chi connectivity index (χ2v) is 7.05. The van der Waals surface area contributed by atoms with Gasteiger partial charge in [0.15, 0.2) is 0 Å². The maximum atomic E-state index is 12.2. The molecule has 1 amide bonds. The molecule has 1 rings (SSSR count). The van der Waals surface area contributed by atoms with Crippen molar-refractivity contribution in [3.63, 3.8) is 0 Å². The molecule has 2 atom stereocenters. The van der Waals surface area contributed by atoms with Crippen LogP contribution in [0.25, 0.3) is 10.4 Å². The summed E-state index contributed by atoms with van der Waals surface area (Å²) in [6.07, 6.45) is -0.628. The standard InChI is InChI=1S/C17H26N4O3/c1-12(2)14(20-15(22)24-16(3,4)5)17(23,11-19-21-18)13-9-7-6-8-10-13/h6-10,12,14,23H,11H2,1-5H3,(H,20,22)/t14-,17-/m0/s1. The van der Waals surface area contributed by atoms with Gasteiger partial charge in [0, 0.05) is 4.91 Å². The van der Waals surface area contributed by atoms with Gasteiger partial charge in [-0.2, -0.15) is 0 Å². The molecule has 0 aliphatic carbocycles. The van der Waals surface area contributed by atoms with Crippen molar-refractivity contribution in [1.82, 2.24) is 5.32 Å². The fourth-order valence-corrected chi connectivity index (χ4v) is 2.51. The van der Waals surface area contributed by atoms with Crippen LogP contribution >= 0.6 is 0 Å². The van der Waals surface area contributed by atoms with Crippen LogP contribution < -0.4 is 5.32 Å². The van der Waals surface area contributed by atoms with Crippen LogP contribution in [0.4, 0.5) is 4.79 Å². The molecule has 0 aliphatic heterocycles. The van der Waals surface area contributed by atoms with E-state index in [1.165, 1.54) is 0 Å². The van der Waals surface area contributed by atoms with Gasteiger partial charge in [-0.05, 0) is 37.8 Å². The van der Waals surface area contributed by atoms with Crippen LogP contribution in [0.1, 0.15) is 40.2 Å². The molecular weight excluding hydrogens is 308 g/mol. The summed E-state index contributed by atoms with van der Waals surface area (Å²) in [7, 11) is 0. The van der Waals surface area contributed by atoms with E-state index in [-0.39, 0.29) is 12.5 Å². The van der Waals surface area contributed by atoms with Gasteiger partial charge in [-0.25, -0.2) is 4.79 Å². The summed E-state index contributed by atoms with van der Waals surface area (Å²) < 4.78 is 5.29. The Hall–Kier alpha value is -2.24. The van der Waals surface area contributed by atoms with Crippen LogP contribution in [-0.2, 0) is 10.3 Å². The summed E-state index contributed by atoms with van der Waals surface area (Å²) in [5.74, 6) is -0.128. The third kappa shape index (κ3) is 5.44. The highest BCUT2D eigenvalue weighted by atomic mass is 16.6. The second kappa shape index (κ2) is 8.04. The van der Waals surface area contributed by atoms with Crippen LogP contribution in [0.2, 0.25) is 0 Å². The number of nitrogens with one attached hydrogen (secondary N) is 1. The predicted molar refractivity (Wildman–Crippen MR) is 92.3 cm³/mol. The van der Waals surface area contributed by atoms with Crippen LogP contribution in [0, 0.1) is 5.92 Å². The quantitative estimate of drug-likeness (QED) is 0.470. The van der Waals surface area contributed by atoms with Crippen LogP contribution in [0.15, 0.2) is 35.4 Å². The van der Waals surface area contributed by atoms with Gasteiger partial charge in [-0.15, -0.1) is 0 Å². The lowest BCUT2D eigenvalue weighted by atomic mass is 9.80. The number of carbonyl (C=O) groups is 1. The van der Waals surface area contributed by atoms with E-state index in [4.69, 9.17) is 10.3 Å². The Bertz CT molecular complexity index is 592. The molecule has 0 aliphatic rings. The van der Waals surface area contributed by atoms with Gasteiger partial charge >= 0.3 is 6.09 Å². The second-order valence-electron chi connectivity index (χ2n) is 7.05. The SMILES string of the molecule is CC(C)[C@H](NC(=O)OC(C)(C)C)[C@](O)(CN=[N+]=[N-])c1ccccc1. The molecule has 0 fully saturated rings. The first-order valence-corrected chi connectivity index (χ1v) is 7.88. The molecule has 132 valence electrons. The van der Waals surface area contributed by atoms with Crippen molar-refractivity contribution < 1.29 is 14.6 Å². The van der Waals surface area contributed by atoms with Crippen molar-refractivity contribution in [2.45, 2.75) is 51.9 Å². The number of aliphatic hydroxyl groups is 1. The first-order valence-electron chi connectivity index (χ1n) is 7.88. The molecule has 0 spiro atoms. The fraction of sp³-hybridized carbons (Fsp3) is 0.588. The van der Waals surface area contributed by atoms with Crippen molar-refractivity contribution in [2.75, 3.05) is 6.54 Å². The monoisotopic (exact) mass is 334 g/mol. The molecule has 2 N–H and O–H groups in total. The molecule has 0 bridgehead atoms. The number of ether oxygens (including phenoxy) is 1. The molecule has 0 saturated carbocycles. The molecule has 0 saturated heterocycles. The van der Waals surface area contributed by atoms with E-state index >= 15 is 0 Å². The lowest BCUT2D eigenvalue weighted by Gasteiger charge is -2.38. The summed E-state index contributed by atoms with van der Waals surface area (Å²) in [5.41, 5.74) is 7.03. The number of hydrogen-bond donors (Lipinski definition) is 2. The van der Waals surface area contributed by atoms with E-state index in [9.17, 15) is 9.90 Å². The minimum absolute atomic E-state index is 0.128. The minimum Gasteiger partial charge on any atom is -0.444 e. The van der Waals surface area contributed by atoms with E-state index in [1.807, 2.05) is 19.9 Å². The Labute approximate surface area is 142 Å². The van der Waals surface area contributed by atoms with Crippen LogP contribution in [0.5, 0.6) is 0 Å². The van der Waals surface area contributed by atoms with E-state index in [2.05, 4.69) is 15.3 Å². The summed E-state index contributed by atoms with van der Waals surface area (Å²) in [6, 6.07) is 8.16. The van der Waals surface area contributed by atoms with E-state index < -0.39 is 23.3 Å². The summed E-state index contributed by atoms with van der Waals surface area (Å²) in [5, 5.41) is 17.5. The lowest BCUT2D eigenvalue weighted by Crippen LogP contribution is -2.56. The number of azide groups is 1. The van der Waals surface area contributed by atoms with E-state index in [0.29, 0.717) is 5.56 Å².